The quantitative estimate of drug-likeness (QED) is 0.872. The second kappa shape index (κ2) is 7.87. The lowest BCUT2D eigenvalue weighted by Crippen LogP contribution is -2.31. The van der Waals surface area contributed by atoms with E-state index in [4.69, 9.17) is 10.5 Å². The van der Waals surface area contributed by atoms with Crippen molar-refractivity contribution in [3.05, 3.63) is 29.8 Å². The first kappa shape index (κ1) is 19.2. The Morgan fingerprint density at radius 1 is 1.20 bits per heavy atom. The minimum Gasteiger partial charge on any atom is -0.488 e. The standard InChI is InChI=1S/C16H27NO2.ClH/c1-6-11(2)15(18)14(17)12-7-9-13(10-8-12)19-16(3,4)5;/h7-11,14-15,18H,6,17H2,1-5H3;1H/t11?,14-,15+;/m0./s1. The molecule has 3 N–H and O–H groups in total. The Hall–Kier alpha value is -0.770. The fourth-order valence-corrected chi connectivity index (χ4v) is 1.90. The number of hydrogen-bond donors (Lipinski definition) is 2. The van der Waals surface area contributed by atoms with Gasteiger partial charge in [-0.05, 0) is 44.4 Å². The van der Waals surface area contributed by atoms with Crippen molar-refractivity contribution in [3.63, 3.8) is 0 Å². The van der Waals surface area contributed by atoms with E-state index in [-0.39, 0.29) is 30.0 Å². The maximum atomic E-state index is 10.1. The van der Waals surface area contributed by atoms with E-state index in [9.17, 15) is 5.11 Å². The van der Waals surface area contributed by atoms with Crippen molar-refractivity contribution < 1.29 is 9.84 Å². The van der Waals surface area contributed by atoms with E-state index < -0.39 is 6.10 Å². The van der Waals surface area contributed by atoms with Gasteiger partial charge in [-0.15, -0.1) is 12.4 Å². The summed E-state index contributed by atoms with van der Waals surface area (Å²) < 4.78 is 5.76. The van der Waals surface area contributed by atoms with Gasteiger partial charge in [-0.2, -0.15) is 0 Å². The molecule has 0 spiro atoms. The van der Waals surface area contributed by atoms with Crippen LogP contribution in [-0.4, -0.2) is 16.8 Å². The highest BCUT2D eigenvalue weighted by atomic mass is 35.5. The normalized spacial score (nSPS) is 15.9. The highest BCUT2D eigenvalue weighted by molar-refractivity contribution is 5.85. The Morgan fingerprint density at radius 2 is 1.70 bits per heavy atom. The summed E-state index contributed by atoms with van der Waals surface area (Å²) in [6, 6.07) is 7.32. The molecule has 0 bridgehead atoms. The van der Waals surface area contributed by atoms with Gasteiger partial charge in [-0.3, -0.25) is 0 Å². The van der Waals surface area contributed by atoms with E-state index in [1.54, 1.807) is 0 Å². The molecule has 1 aromatic carbocycles. The van der Waals surface area contributed by atoms with Crippen LogP contribution in [0.25, 0.3) is 0 Å². The average molecular weight is 302 g/mol. The van der Waals surface area contributed by atoms with Crippen LogP contribution in [0.3, 0.4) is 0 Å². The van der Waals surface area contributed by atoms with Gasteiger partial charge in [0.25, 0.3) is 0 Å². The summed E-state index contributed by atoms with van der Waals surface area (Å²) in [5, 5.41) is 10.1. The van der Waals surface area contributed by atoms with Crippen LogP contribution in [0.4, 0.5) is 0 Å². The van der Waals surface area contributed by atoms with Crippen LogP contribution in [-0.2, 0) is 0 Å². The maximum absolute atomic E-state index is 10.1. The van der Waals surface area contributed by atoms with Gasteiger partial charge < -0.3 is 15.6 Å². The van der Waals surface area contributed by atoms with E-state index >= 15 is 0 Å². The number of rotatable bonds is 5. The third-order valence-corrected chi connectivity index (χ3v) is 3.28. The number of benzene rings is 1. The molecule has 0 fully saturated rings. The lowest BCUT2D eigenvalue weighted by molar-refractivity contribution is 0.0878. The van der Waals surface area contributed by atoms with E-state index in [0.717, 1.165) is 17.7 Å². The molecule has 4 heteroatoms. The average Bonchev–Trinajstić information content (AvgIpc) is 2.35. The van der Waals surface area contributed by atoms with Gasteiger partial charge in [0.1, 0.15) is 11.4 Å². The number of aliphatic hydroxyl groups excluding tert-OH is 1. The first-order valence-corrected chi connectivity index (χ1v) is 6.97. The molecule has 0 aromatic heterocycles. The predicted molar refractivity (Wildman–Crippen MR) is 86.5 cm³/mol. The van der Waals surface area contributed by atoms with Crippen LogP contribution in [0.5, 0.6) is 5.75 Å². The van der Waals surface area contributed by atoms with Crippen LogP contribution in [0.15, 0.2) is 24.3 Å². The van der Waals surface area contributed by atoms with Gasteiger partial charge in [0.05, 0.1) is 12.1 Å². The van der Waals surface area contributed by atoms with Crippen molar-refractivity contribution in [1.82, 2.24) is 0 Å². The molecule has 0 aliphatic carbocycles. The SMILES string of the molecule is CCC(C)[C@@H](O)[C@@H](N)c1ccc(OC(C)(C)C)cc1.Cl. The first-order chi connectivity index (χ1) is 8.74. The summed E-state index contributed by atoms with van der Waals surface area (Å²) in [6.07, 6.45) is 0.402. The van der Waals surface area contributed by atoms with Gasteiger partial charge >= 0.3 is 0 Å². The zero-order valence-corrected chi connectivity index (χ0v) is 13.9. The third kappa shape index (κ3) is 5.70. The highest BCUT2D eigenvalue weighted by Crippen LogP contribution is 2.25. The van der Waals surface area contributed by atoms with Gasteiger partial charge in [0.2, 0.25) is 0 Å². The molecule has 20 heavy (non-hydrogen) atoms. The van der Waals surface area contributed by atoms with Gasteiger partial charge in [-0.1, -0.05) is 32.4 Å². The molecule has 1 unspecified atom stereocenters. The van der Waals surface area contributed by atoms with Crippen LogP contribution < -0.4 is 10.5 Å². The van der Waals surface area contributed by atoms with Crippen molar-refractivity contribution in [2.24, 2.45) is 11.7 Å². The molecule has 0 saturated carbocycles. The smallest absolute Gasteiger partial charge is 0.120 e. The number of aliphatic hydroxyl groups is 1. The Morgan fingerprint density at radius 3 is 2.10 bits per heavy atom. The van der Waals surface area contributed by atoms with E-state index in [2.05, 4.69) is 6.92 Å². The van der Waals surface area contributed by atoms with Gasteiger partial charge in [0.15, 0.2) is 0 Å². The Balaban J connectivity index is 0.00000361. The van der Waals surface area contributed by atoms with Crippen LogP contribution in [0.2, 0.25) is 0 Å². The lowest BCUT2D eigenvalue weighted by atomic mass is 9.91. The van der Waals surface area contributed by atoms with Crippen LogP contribution >= 0.6 is 12.4 Å². The Bertz CT molecular complexity index is 386. The predicted octanol–water partition coefficient (Wildman–Crippen LogP) is 3.69. The summed E-state index contributed by atoms with van der Waals surface area (Å²) in [7, 11) is 0. The second-order valence-electron chi connectivity index (χ2n) is 6.19. The summed E-state index contributed by atoms with van der Waals surface area (Å²) >= 11 is 0. The van der Waals surface area contributed by atoms with E-state index in [0.29, 0.717) is 0 Å². The van der Waals surface area contributed by atoms with Crippen molar-refractivity contribution in [2.75, 3.05) is 0 Å². The van der Waals surface area contributed by atoms with Crippen molar-refractivity contribution in [1.29, 1.82) is 0 Å². The minimum atomic E-state index is -0.514. The third-order valence-electron chi connectivity index (χ3n) is 3.28. The molecule has 0 aliphatic heterocycles. The largest absolute Gasteiger partial charge is 0.488 e. The highest BCUT2D eigenvalue weighted by Gasteiger charge is 2.22. The zero-order valence-electron chi connectivity index (χ0n) is 13.1. The number of nitrogens with two attached hydrogens (primary N) is 1. The molecule has 1 aromatic rings. The van der Waals surface area contributed by atoms with E-state index in [1.807, 2.05) is 52.0 Å². The second-order valence-corrected chi connectivity index (χ2v) is 6.19. The number of halogens is 1. The fourth-order valence-electron chi connectivity index (χ4n) is 1.90. The molecule has 3 nitrogen and oxygen atoms in total. The van der Waals surface area contributed by atoms with Crippen molar-refractivity contribution >= 4 is 12.4 Å². The van der Waals surface area contributed by atoms with Gasteiger partial charge in [0, 0.05) is 0 Å². The minimum absolute atomic E-state index is 0. The summed E-state index contributed by atoms with van der Waals surface area (Å²) in [6.45, 7) is 10.1. The molecule has 0 heterocycles. The molecule has 3 atom stereocenters. The maximum Gasteiger partial charge on any atom is 0.120 e. The summed E-state index contributed by atoms with van der Waals surface area (Å²) in [5.41, 5.74) is 6.83. The van der Waals surface area contributed by atoms with Crippen LogP contribution in [0.1, 0.15) is 52.6 Å². The zero-order chi connectivity index (χ0) is 14.6. The van der Waals surface area contributed by atoms with E-state index in [1.165, 1.54) is 0 Å². The summed E-state index contributed by atoms with van der Waals surface area (Å²) in [5.74, 6) is 1.02. The Kier molecular flexibility index (Phi) is 7.56. The van der Waals surface area contributed by atoms with Crippen molar-refractivity contribution in [3.8, 4) is 5.75 Å². The molecule has 116 valence electrons. The molecular weight excluding hydrogens is 274 g/mol. The van der Waals surface area contributed by atoms with Crippen LogP contribution in [0, 0.1) is 5.92 Å². The summed E-state index contributed by atoms with van der Waals surface area (Å²) in [4.78, 5) is 0. The molecule has 0 aliphatic rings. The molecule has 1 rings (SSSR count). The monoisotopic (exact) mass is 301 g/mol. The molecular formula is C16H28ClNO2. The topological polar surface area (TPSA) is 55.5 Å². The fraction of sp³-hybridized carbons (Fsp3) is 0.625. The first-order valence-electron chi connectivity index (χ1n) is 6.97. The molecule has 0 saturated heterocycles. The molecule has 0 radical (unpaired) electrons. The van der Waals surface area contributed by atoms with Gasteiger partial charge in [-0.25, -0.2) is 0 Å². The number of hydrogen-bond acceptors (Lipinski definition) is 3. The lowest BCUT2D eigenvalue weighted by Gasteiger charge is -2.25. The van der Waals surface area contributed by atoms with Crippen molar-refractivity contribution in [2.45, 2.75) is 58.8 Å². The number of ether oxygens (including phenoxy) is 1. The Labute approximate surface area is 128 Å². The molecule has 0 amide bonds.